The van der Waals surface area contributed by atoms with E-state index in [1.54, 1.807) is 9.80 Å². The van der Waals surface area contributed by atoms with E-state index >= 15 is 0 Å². The second-order valence-corrected chi connectivity index (χ2v) is 13.2. The number of imide groups is 1. The normalized spacial score (nSPS) is 16.9. The summed E-state index contributed by atoms with van der Waals surface area (Å²) in [6, 6.07) is 4.10. The summed E-state index contributed by atoms with van der Waals surface area (Å²) in [4.78, 5) is 60.3. The van der Waals surface area contributed by atoms with Gasteiger partial charge in [0.25, 0.3) is 11.8 Å². The zero-order chi connectivity index (χ0) is 35.9. The highest BCUT2D eigenvalue weighted by Gasteiger charge is 2.47. The molecule has 4 rings (SSSR count). The molecular formula is C32H48N8O9. The van der Waals surface area contributed by atoms with Gasteiger partial charge in [-0.1, -0.05) is 0 Å². The number of aromatic nitrogens is 3. The van der Waals surface area contributed by atoms with Crippen LogP contribution in [0.3, 0.4) is 0 Å². The smallest absolute Gasteiger partial charge is 0.339 e. The van der Waals surface area contributed by atoms with Crippen molar-refractivity contribution in [3.05, 3.63) is 34.9 Å². The summed E-state index contributed by atoms with van der Waals surface area (Å²) in [5.41, 5.74) is -0.0116. The van der Waals surface area contributed by atoms with Crippen molar-refractivity contribution in [1.82, 2.24) is 25.2 Å². The molecule has 0 unspecified atom stereocenters. The van der Waals surface area contributed by atoms with Crippen LogP contribution in [0.1, 0.15) is 71.6 Å². The number of anilines is 3. The van der Waals surface area contributed by atoms with Crippen LogP contribution in [-0.4, -0.2) is 131 Å². The Bertz CT molecular complexity index is 1430. The number of nitrogens with zero attached hydrogens (tertiary/aromatic N) is 7. The van der Waals surface area contributed by atoms with Crippen molar-refractivity contribution in [1.29, 1.82) is 0 Å². The van der Waals surface area contributed by atoms with Crippen LogP contribution in [0.5, 0.6) is 0 Å². The Hall–Kier alpha value is -4.00. The Morgan fingerprint density at radius 3 is 1.55 bits per heavy atom. The molecule has 1 aromatic heterocycles. The predicted molar refractivity (Wildman–Crippen MR) is 178 cm³/mol. The number of carbonyl (C=O) groups excluding carboxylic acids is 3. The molecule has 17 nitrogen and oxygen atoms in total. The van der Waals surface area contributed by atoms with Crippen molar-refractivity contribution in [2.24, 2.45) is 0 Å². The van der Waals surface area contributed by atoms with Gasteiger partial charge in [0.1, 0.15) is 33.7 Å². The zero-order valence-electron chi connectivity index (χ0n) is 29.8. The van der Waals surface area contributed by atoms with Crippen molar-refractivity contribution in [3.8, 4) is 0 Å². The number of esters is 1. The van der Waals surface area contributed by atoms with Crippen LogP contribution in [0.4, 0.5) is 17.8 Å². The van der Waals surface area contributed by atoms with Crippen LogP contribution in [0.2, 0.25) is 0 Å². The number of nitrogens with one attached hydrogen (secondary N) is 1. The minimum absolute atomic E-state index is 0.0611. The fourth-order valence-corrected chi connectivity index (χ4v) is 6.39. The summed E-state index contributed by atoms with van der Waals surface area (Å²) in [5.74, 6) is -0.976. The molecule has 1 N–H and O–H groups in total. The predicted octanol–water partition coefficient (Wildman–Crippen LogP) is 2.03. The van der Waals surface area contributed by atoms with Crippen LogP contribution >= 0.6 is 0 Å². The maximum Gasteiger partial charge on any atom is 0.339 e. The fraction of sp³-hybridized carbons (Fsp3) is 0.625. The molecule has 2 amide bonds. The van der Waals surface area contributed by atoms with Gasteiger partial charge in [0.2, 0.25) is 17.8 Å². The van der Waals surface area contributed by atoms with Gasteiger partial charge in [-0.05, 0) is 58.7 Å². The monoisotopic (exact) mass is 688 g/mol. The lowest BCUT2D eigenvalue weighted by Gasteiger charge is -2.48. The Kier molecular flexibility index (Phi) is 12.5. The molecular weight excluding hydrogens is 640 g/mol. The fourth-order valence-electron chi connectivity index (χ4n) is 6.39. The highest BCUT2D eigenvalue weighted by Crippen LogP contribution is 2.36. The van der Waals surface area contributed by atoms with Gasteiger partial charge in [-0.3, -0.25) is 29.2 Å². The van der Waals surface area contributed by atoms with E-state index in [0.29, 0.717) is 12.8 Å². The van der Waals surface area contributed by atoms with E-state index in [1.807, 2.05) is 0 Å². The first kappa shape index (κ1) is 37.8. The van der Waals surface area contributed by atoms with Crippen LogP contribution < -0.4 is 20.0 Å². The van der Waals surface area contributed by atoms with Gasteiger partial charge in [-0.2, -0.15) is 15.0 Å². The van der Waals surface area contributed by atoms with Crippen molar-refractivity contribution in [3.63, 3.8) is 0 Å². The van der Waals surface area contributed by atoms with Gasteiger partial charge in [0, 0.05) is 52.7 Å². The molecule has 1 fully saturated rings. The summed E-state index contributed by atoms with van der Waals surface area (Å²) in [6.45, 7) is 8.27. The van der Waals surface area contributed by atoms with Gasteiger partial charge >= 0.3 is 5.97 Å². The highest BCUT2D eigenvalue weighted by atomic mass is 16.6. The summed E-state index contributed by atoms with van der Waals surface area (Å²) in [7, 11) is 7.58. The average Bonchev–Trinajstić information content (AvgIpc) is 3.29. The number of fused-ring (bicyclic) bond motifs is 1. The first-order chi connectivity index (χ1) is 23.3. The Morgan fingerprint density at radius 2 is 1.12 bits per heavy atom. The quantitative estimate of drug-likeness (QED) is 0.145. The minimum atomic E-state index is -0.720. The van der Waals surface area contributed by atoms with Crippen molar-refractivity contribution in [2.45, 2.75) is 57.7 Å². The Morgan fingerprint density at radius 1 is 0.714 bits per heavy atom. The summed E-state index contributed by atoms with van der Waals surface area (Å²) in [6.07, 6.45) is 1.21. The third kappa shape index (κ3) is 8.97. The van der Waals surface area contributed by atoms with Gasteiger partial charge in [-0.15, -0.1) is 0 Å². The lowest BCUT2D eigenvalue weighted by molar-refractivity contribution is 0.0411. The Balaban J connectivity index is 1.58. The van der Waals surface area contributed by atoms with E-state index in [1.165, 1.54) is 63.5 Å². The molecule has 17 heteroatoms. The third-order valence-electron chi connectivity index (χ3n) is 7.91. The first-order valence-electron chi connectivity index (χ1n) is 15.7. The van der Waals surface area contributed by atoms with E-state index in [4.69, 9.17) is 28.4 Å². The van der Waals surface area contributed by atoms with Gasteiger partial charge in [0.05, 0.1) is 16.7 Å². The average molecular weight is 689 g/mol. The molecule has 49 heavy (non-hydrogen) atoms. The van der Waals surface area contributed by atoms with Crippen LogP contribution in [0.15, 0.2) is 18.2 Å². The number of benzene rings is 1. The lowest BCUT2D eigenvalue weighted by atomic mass is 9.79. The molecule has 0 saturated carbocycles. The Labute approximate surface area is 286 Å². The third-order valence-corrected chi connectivity index (χ3v) is 7.91. The summed E-state index contributed by atoms with van der Waals surface area (Å²) < 4.78 is 32.3. The number of hydrogen-bond donors (Lipinski definition) is 1. The largest absolute Gasteiger partial charge is 0.440 e. The van der Waals surface area contributed by atoms with Crippen molar-refractivity contribution < 1.29 is 42.8 Å². The van der Waals surface area contributed by atoms with E-state index in [0.717, 1.165) is 0 Å². The first-order valence-corrected chi connectivity index (χ1v) is 15.7. The molecule has 0 bridgehead atoms. The number of piperidine rings is 1. The highest BCUT2D eigenvalue weighted by molar-refractivity contribution is 6.22. The maximum absolute atomic E-state index is 13.6. The molecule has 270 valence electrons. The molecule has 0 aliphatic carbocycles. The number of carbonyl (C=O) groups is 3. The molecule has 0 radical (unpaired) electrons. The van der Waals surface area contributed by atoms with Crippen molar-refractivity contribution in [2.75, 3.05) is 90.6 Å². The summed E-state index contributed by atoms with van der Waals surface area (Å²) >= 11 is 0. The number of hydrogen-bond acceptors (Lipinski definition) is 16. The lowest BCUT2D eigenvalue weighted by Crippen LogP contribution is -2.62. The molecule has 2 aliphatic rings. The van der Waals surface area contributed by atoms with Gasteiger partial charge in [0.15, 0.2) is 6.73 Å². The second-order valence-electron chi connectivity index (χ2n) is 13.2. The molecule has 2 aliphatic heterocycles. The zero-order valence-corrected chi connectivity index (χ0v) is 29.8. The molecule has 0 spiro atoms. The van der Waals surface area contributed by atoms with Gasteiger partial charge in [-0.25, -0.2) is 4.79 Å². The number of ether oxygens (including phenoxy) is 6. The van der Waals surface area contributed by atoms with Crippen LogP contribution in [0.25, 0.3) is 0 Å². The molecule has 3 heterocycles. The maximum atomic E-state index is 13.6. The SMILES string of the molecule is COCN(COC)c1nc(N(COC)COC)nc(N(COC)COC(=O)c2ccc3c(c2)C(=O)N(C2CC(C)(C)NC(C)(C)C2)C3=O)n1. The summed E-state index contributed by atoms with van der Waals surface area (Å²) in [5, 5.41) is 3.58. The molecule has 0 atom stereocenters. The number of amides is 2. The topological polar surface area (TPSA) is 170 Å². The van der Waals surface area contributed by atoms with Gasteiger partial charge < -0.3 is 33.7 Å². The number of methoxy groups -OCH3 is 5. The van der Waals surface area contributed by atoms with Crippen LogP contribution in [-0.2, 0) is 28.4 Å². The minimum Gasteiger partial charge on any atom is -0.440 e. The second kappa shape index (κ2) is 16.1. The van der Waals surface area contributed by atoms with E-state index < -0.39 is 11.9 Å². The molecule has 2 aromatic rings. The van der Waals surface area contributed by atoms with E-state index in [-0.39, 0.29) is 97.9 Å². The standard InChI is InChI=1S/C32H48N8O9/c1-31(2)13-22(14-32(3,4)36-31)40-25(41)23-11-10-21(12-24(23)26(40)42)27(43)49-20-39(19-48-9)30-34-28(37(15-44-5)16-45-6)33-29(35-30)38(17-46-7)18-47-8/h10-12,22,36H,13-20H2,1-9H3. The van der Waals surface area contributed by atoms with Crippen LogP contribution in [0, 0.1) is 0 Å². The van der Waals surface area contributed by atoms with E-state index in [2.05, 4.69) is 48.0 Å². The number of rotatable bonds is 17. The molecule has 1 saturated heterocycles. The van der Waals surface area contributed by atoms with E-state index in [9.17, 15) is 14.4 Å². The molecule has 1 aromatic carbocycles. The van der Waals surface area contributed by atoms with Crippen molar-refractivity contribution >= 4 is 35.6 Å².